The van der Waals surface area contributed by atoms with Gasteiger partial charge in [0.25, 0.3) is 11.8 Å². The molecule has 0 bridgehead atoms. The summed E-state index contributed by atoms with van der Waals surface area (Å²) in [6, 6.07) is 16.0. The van der Waals surface area contributed by atoms with Crippen LogP contribution in [0.4, 0.5) is 5.69 Å². The molecule has 3 amide bonds. The summed E-state index contributed by atoms with van der Waals surface area (Å²) >= 11 is 0. The Kier molecular flexibility index (Phi) is 7.53. The number of nitrogens with one attached hydrogen (secondary N) is 3. The van der Waals surface area contributed by atoms with Crippen molar-refractivity contribution in [3.63, 3.8) is 0 Å². The zero-order valence-corrected chi connectivity index (χ0v) is 16.8. The molecule has 0 spiro atoms. The van der Waals surface area contributed by atoms with Crippen molar-refractivity contribution in [2.45, 2.75) is 18.9 Å². The standard InChI is InChI=1S/C23H23N3O5/c27-20(13-10-16-6-2-1-3-7-16)24-14-22(29)31-15-21(28)26-19-9-5-4-8-18(19)23(30)25-17-11-12-17/h1-10,13,17H,11-12,14-15H2,(H,24,27)(H,25,30)(H,26,28)/b13-10+. The van der Waals surface area contributed by atoms with Crippen LogP contribution in [0.2, 0.25) is 0 Å². The Morgan fingerprint density at radius 2 is 1.68 bits per heavy atom. The van der Waals surface area contributed by atoms with Crippen molar-refractivity contribution >= 4 is 35.5 Å². The van der Waals surface area contributed by atoms with E-state index in [1.807, 2.05) is 30.3 Å². The number of amides is 3. The first kappa shape index (κ1) is 21.8. The van der Waals surface area contributed by atoms with Gasteiger partial charge >= 0.3 is 5.97 Å². The molecule has 3 N–H and O–H groups in total. The van der Waals surface area contributed by atoms with Crippen molar-refractivity contribution in [3.05, 3.63) is 71.8 Å². The van der Waals surface area contributed by atoms with Gasteiger partial charge in [-0.15, -0.1) is 0 Å². The molecule has 8 heteroatoms. The number of carbonyl (C=O) groups is 4. The third kappa shape index (κ3) is 7.43. The fourth-order valence-electron chi connectivity index (χ4n) is 2.62. The van der Waals surface area contributed by atoms with Crippen LogP contribution < -0.4 is 16.0 Å². The normalized spacial score (nSPS) is 12.8. The molecule has 2 aromatic carbocycles. The summed E-state index contributed by atoms with van der Waals surface area (Å²) < 4.78 is 4.87. The maximum atomic E-state index is 12.3. The summed E-state index contributed by atoms with van der Waals surface area (Å²) in [7, 11) is 0. The lowest BCUT2D eigenvalue weighted by molar-refractivity contribution is -0.146. The fourth-order valence-corrected chi connectivity index (χ4v) is 2.62. The van der Waals surface area contributed by atoms with Gasteiger partial charge in [0.05, 0.1) is 11.3 Å². The van der Waals surface area contributed by atoms with Crippen LogP contribution >= 0.6 is 0 Å². The third-order valence-electron chi connectivity index (χ3n) is 4.36. The predicted molar refractivity (Wildman–Crippen MR) is 115 cm³/mol. The number of hydrogen-bond donors (Lipinski definition) is 3. The van der Waals surface area contributed by atoms with Crippen molar-refractivity contribution < 1.29 is 23.9 Å². The van der Waals surface area contributed by atoms with Gasteiger partial charge in [0.1, 0.15) is 6.54 Å². The van der Waals surface area contributed by atoms with Crippen LogP contribution in [0.3, 0.4) is 0 Å². The molecule has 31 heavy (non-hydrogen) atoms. The first-order valence-electron chi connectivity index (χ1n) is 9.87. The highest BCUT2D eigenvalue weighted by molar-refractivity contribution is 6.04. The van der Waals surface area contributed by atoms with Gasteiger partial charge in [-0.1, -0.05) is 42.5 Å². The number of esters is 1. The molecule has 1 saturated carbocycles. The van der Waals surface area contributed by atoms with E-state index in [9.17, 15) is 19.2 Å². The minimum Gasteiger partial charge on any atom is -0.454 e. The van der Waals surface area contributed by atoms with Crippen LogP contribution in [-0.2, 0) is 19.1 Å². The Bertz CT molecular complexity index is 984. The summed E-state index contributed by atoms with van der Waals surface area (Å²) in [5.41, 5.74) is 1.52. The minimum atomic E-state index is -0.753. The summed E-state index contributed by atoms with van der Waals surface area (Å²) in [4.78, 5) is 47.9. The second kappa shape index (κ2) is 10.7. The van der Waals surface area contributed by atoms with Crippen molar-refractivity contribution in [3.8, 4) is 0 Å². The summed E-state index contributed by atoms with van der Waals surface area (Å²) in [5, 5.41) is 7.82. The zero-order valence-electron chi connectivity index (χ0n) is 16.8. The van der Waals surface area contributed by atoms with Gasteiger partial charge in [0, 0.05) is 12.1 Å². The lowest BCUT2D eigenvalue weighted by Gasteiger charge is -2.11. The number of rotatable bonds is 9. The van der Waals surface area contributed by atoms with Gasteiger partial charge in [-0.05, 0) is 36.6 Å². The van der Waals surface area contributed by atoms with Gasteiger partial charge in [0.2, 0.25) is 5.91 Å². The van der Waals surface area contributed by atoms with E-state index in [1.165, 1.54) is 6.08 Å². The minimum absolute atomic E-state index is 0.190. The Balaban J connectivity index is 1.40. The number of para-hydroxylation sites is 1. The monoisotopic (exact) mass is 421 g/mol. The lowest BCUT2D eigenvalue weighted by Crippen LogP contribution is -2.31. The van der Waals surface area contributed by atoms with Gasteiger partial charge < -0.3 is 20.7 Å². The first-order valence-corrected chi connectivity index (χ1v) is 9.87. The van der Waals surface area contributed by atoms with Crippen LogP contribution in [-0.4, -0.2) is 42.9 Å². The molecule has 3 rings (SSSR count). The van der Waals surface area contributed by atoms with Crippen molar-refractivity contribution in [1.29, 1.82) is 0 Å². The molecular weight excluding hydrogens is 398 g/mol. The predicted octanol–water partition coefficient (Wildman–Crippen LogP) is 1.89. The Hall–Kier alpha value is -3.94. The largest absolute Gasteiger partial charge is 0.454 e. The highest BCUT2D eigenvalue weighted by Gasteiger charge is 2.25. The van der Waals surface area contributed by atoms with E-state index < -0.39 is 24.4 Å². The molecule has 0 aromatic heterocycles. The molecule has 160 valence electrons. The van der Waals surface area contributed by atoms with E-state index in [4.69, 9.17) is 4.74 Å². The van der Waals surface area contributed by atoms with Crippen molar-refractivity contribution in [2.24, 2.45) is 0 Å². The molecule has 0 radical (unpaired) electrons. The van der Waals surface area contributed by atoms with Crippen LogP contribution in [0, 0.1) is 0 Å². The molecule has 0 unspecified atom stereocenters. The number of hydrogen-bond acceptors (Lipinski definition) is 5. The van der Waals surface area contributed by atoms with E-state index in [0.717, 1.165) is 18.4 Å². The van der Waals surface area contributed by atoms with E-state index in [1.54, 1.807) is 30.3 Å². The summed E-state index contributed by atoms with van der Waals surface area (Å²) in [6.07, 6.45) is 4.83. The van der Waals surface area contributed by atoms with E-state index in [-0.39, 0.29) is 18.5 Å². The Morgan fingerprint density at radius 3 is 2.42 bits per heavy atom. The molecule has 0 saturated heterocycles. The molecule has 8 nitrogen and oxygen atoms in total. The van der Waals surface area contributed by atoms with E-state index in [0.29, 0.717) is 11.3 Å². The maximum absolute atomic E-state index is 12.3. The Labute approximate surface area is 179 Å². The van der Waals surface area contributed by atoms with Gasteiger partial charge in [0.15, 0.2) is 6.61 Å². The second-order valence-corrected chi connectivity index (χ2v) is 6.96. The second-order valence-electron chi connectivity index (χ2n) is 6.96. The average Bonchev–Trinajstić information content (AvgIpc) is 3.60. The topological polar surface area (TPSA) is 114 Å². The first-order chi connectivity index (χ1) is 15.0. The molecule has 2 aromatic rings. The van der Waals surface area contributed by atoms with Crippen molar-refractivity contribution in [1.82, 2.24) is 10.6 Å². The van der Waals surface area contributed by atoms with Crippen LogP contribution in [0.1, 0.15) is 28.8 Å². The SMILES string of the molecule is O=C(/C=C/c1ccccc1)NCC(=O)OCC(=O)Nc1ccccc1C(=O)NC1CC1. The summed E-state index contributed by atoms with van der Waals surface area (Å²) in [6.45, 7) is -0.904. The smallest absolute Gasteiger partial charge is 0.325 e. The van der Waals surface area contributed by atoms with Gasteiger partial charge in [-0.2, -0.15) is 0 Å². The maximum Gasteiger partial charge on any atom is 0.325 e. The van der Waals surface area contributed by atoms with E-state index in [2.05, 4.69) is 16.0 Å². The molecule has 1 fully saturated rings. The summed E-state index contributed by atoms with van der Waals surface area (Å²) in [5.74, 6) is -2.06. The molecule has 0 aliphatic heterocycles. The molecule has 0 heterocycles. The van der Waals surface area contributed by atoms with Crippen LogP contribution in [0.5, 0.6) is 0 Å². The molecular formula is C23H23N3O5. The molecule has 0 atom stereocenters. The highest BCUT2D eigenvalue weighted by atomic mass is 16.5. The number of benzene rings is 2. The van der Waals surface area contributed by atoms with Crippen molar-refractivity contribution in [2.75, 3.05) is 18.5 Å². The van der Waals surface area contributed by atoms with Crippen LogP contribution in [0.25, 0.3) is 6.08 Å². The average molecular weight is 421 g/mol. The number of ether oxygens (including phenoxy) is 1. The van der Waals surface area contributed by atoms with Crippen LogP contribution in [0.15, 0.2) is 60.7 Å². The highest BCUT2D eigenvalue weighted by Crippen LogP contribution is 2.21. The quantitative estimate of drug-likeness (QED) is 0.423. The zero-order chi connectivity index (χ0) is 22.1. The lowest BCUT2D eigenvalue weighted by atomic mass is 10.1. The number of anilines is 1. The molecule has 1 aliphatic carbocycles. The fraction of sp³-hybridized carbons (Fsp3) is 0.217. The molecule has 1 aliphatic rings. The third-order valence-corrected chi connectivity index (χ3v) is 4.36. The van der Waals surface area contributed by atoms with Gasteiger partial charge in [-0.3, -0.25) is 19.2 Å². The van der Waals surface area contributed by atoms with Gasteiger partial charge in [-0.25, -0.2) is 0 Å². The Morgan fingerprint density at radius 1 is 0.968 bits per heavy atom. The number of carbonyl (C=O) groups excluding carboxylic acids is 4. The van der Waals surface area contributed by atoms with E-state index >= 15 is 0 Å².